The van der Waals surface area contributed by atoms with Crippen molar-refractivity contribution in [1.82, 2.24) is 23.9 Å². The van der Waals surface area contributed by atoms with E-state index in [0.29, 0.717) is 54.2 Å². The van der Waals surface area contributed by atoms with Gasteiger partial charge in [-0.15, -0.1) is 5.10 Å². The molecule has 0 aliphatic carbocycles. The molecule has 4 rings (SSSR count). The number of piperidine rings is 1. The molecule has 1 fully saturated rings. The van der Waals surface area contributed by atoms with Crippen LogP contribution < -0.4 is 10.3 Å². The molecule has 1 aromatic carbocycles. The van der Waals surface area contributed by atoms with Crippen LogP contribution in [-0.4, -0.2) is 63.2 Å². The number of aliphatic hydroxyl groups is 1. The zero-order valence-corrected chi connectivity index (χ0v) is 19.9. The van der Waals surface area contributed by atoms with E-state index in [1.54, 1.807) is 13.0 Å². The topological polar surface area (TPSA) is 130 Å². The Balaban J connectivity index is 1.85. The lowest BCUT2D eigenvalue weighted by atomic mass is 10.1. The Labute approximate surface area is 192 Å². The molecule has 0 bridgehead atoms. The zero-order chi connectivity index (χ0) is 23.8. The van der Waals surface area contributed by atoms with Gasteiger partial charge in [0.25, 0.3) is 5.56 Å². The molecule has 1 saturated heterocycles. The highest BCUT2D eigenvalue weighted by Crippen LogP contribution is 2.32. The number of imidazole rings is 1. The molecule has 2 N–H and O–H groups in total. The summed E-state index contributed by atoms with van der Waals surface area (Å²) in [5.41, 5.74) is 0.985. The van der Waals surface area contributed by atoms with Crippen LogP contribution in [0.25, 0.3) is 16.9 Å². The van der Waals surface area contributed by atoms with Gasteiger partial charge in [-0.1, -0.05) is 6.92 Å². The minimum Gasteiger partial charge on any atom is -0.493 e. The minimum atomic E-state index is -3.79. The molecule has 1 aliphatic rings. The molecule has 0 unspecified atom stereocenters. The van der Waals surface area contributed by atoms with Crippen molar-refractivity contribution < 1.29 is 18.3 Å². The molecule has 0 amide bonds. The molecule has 0 spiro atoms. The third-order valence-electron chi connectivity index (χ3n) is 5.78. The Kier molecular flexibility index (Phi) is 6.55. The van der Waals surface area contributed by atoms with E-state index in [4.69, 9.17) is 4.74 Å². The fourth-order valence-electron chi connectivity index (χ4n) is 4.11. The van der Waals surface area contributed by atoms with E-state index >= 15 is 0 Å². The summed E-state index contributed by atoms with van der Waals surface area (Å²) in [6, 6.07) is 4.56. The SMILES string of the molecule is CCCc1nc(C)c2c(=O)[nH]c(-c3cc(S(=O)(=O)N4CCC(O)CC4)ccc3OCC)nn12. The number of nitrogens with one attached hydrogen (secondary N) is 1. The maximum absolute atomic E-state index is 13.3. The predicted octanol–water partition coefficient (Wildman–Crippen LogP) is 1.89. The van der Waals surface area contributed by atoms with Gasteiger partial charge in [0.05, 0.1) is 28.9 Å². The van der Waals surface area contributed by atoms with E-state index in [-0.39, 0.29) is 29.4 Å². The Hall–Kier alpha value is -2.76. The van der Waals surface area contributed by atoms with Gasteiger partial charge in [-0.25, -0.2) is 17.9 Å². The van der Waals surface area contributed by atoms with Crippen LogP contribution in [0.5, 0.6) is 5.75 Å². The maximum atomic E-state index is 13.3. The smallest absolute Gasteiger partial charge is 0.277 e. The third kappa shape index (κ3) is 4.40. The summed E-state index contributed by atoms with van der Waals surface area (Å²) < 4.78 is 35.2. The number of fused-ring (bicyclic) bond motifs is 1. The molecule has 0 atom stereocenters. The first-order valence-corrected chi connectivity index (χ1v) is 12.6. The molecule has 0 saturated carbocycles. The summed E-state index contributed by atoms with van der Waals surface area (Å²) in [7, 11) is -3.79. The zero-order valence-electron chi connectivity index (χ0n) is 19.0. The van der Waals surface area contributed by atoms with Gasteiger partial charge >= 0.3 is 0 Å². The molecule has 178 valence electrons. The summed E-state index contributed by atoms with van der Waals surface area (Å²) >= 11 is 0. The van der Waals surface area contributed by atoms with Gasteiger partial charge in [0.15, 0.2) is 11.3 Å². The van der Waals surface area contributed by atoms with Crippen LogP contribution in [0.4, 0.5) is 0 Å². The van der Waals surface area contributed by atoms with Crippen LogP contribution >= 0.6 is 0 Å². The van der Waals surface area contributed by atoms with E-state index in [1.807, 2.05) is 13.8 Å². The molecular weight excluding hydrogens is 446 g/mol. The van der Waals surface area contributed by atoms with Crippen molar-refractivity contribution in [3.63, 3.8) is 0 Å². The van der Waals surface area contributed by atoms with Crippen LogP contribution in [0.15, 0.2) is 27.9 Å². The normalized spacial score (nSPS) is 15.9. The second-order valence-electron chi connectivity index (χ2n) is 8.15. The average molecular weight is 476 g/mol. The number of aromatic amines is 1. The number of aryl methyl sites for hydroxylation is 2. The van der Waals surface area contributed by atoms with Gasteiger partial charge in [0.1, 0.15) is 11.6 Å². The van der Waals surface area contributed by atoms with E-state index in [0.717, 1.165) is 6.42 Å². The highest BCUT2D eigenvalue weighted by Gasteiger charge is 2.30. The largest absolute Gasteiger partial charge is 0.493 e. The average Bonchev–Trinajstić information content (AvgIpc) is 3.10. The Morgan fingerprint density at radius 2 is 1.97 bits per heavy atom. The number of H-pyrrole nitrogens is 1. The number of benzene rings is 1. The first-order valence-electron chi connectivity index (χ1n) is 11.2. The summed E-state index contributed by atoms with van der Waals surface area (Å²) in [4.78, 5) is 20.2. The lowest BCUT2D eigenvalue weighted by Crippen LogP contribution is -2.40. The maximum Gasteiger partial charge on any atom is 0.277 e. The number of hydrogen-bond donors (Lipinski definition) is 2. The van der Waals surface area contributed by atoms with Gasteiger partial charge in [-0.3, -0.25) is 4.79 Å². The second-order valence-corrected chi connectivity index (χ2v) is 10.1. The van der Waals surface area contributed by atoms with Crippen LogP contribution in [0, 0.1) is 6.92 Å². The van der Waals surface area contributed by atoms with Gasteiger partial charge in [-0.2, -0.15) is 4.31 Å². The van der Waals surface area contributed by atoms with E-state index in [2.05, 4.69) is 15.1 Å². The monoisotopic (exact) mass is 475 g/mol. The Bertz CT molecular complexity index is 1320. The molecule has 2 aromatic heterocycles. The molecule has 3 heterocycles. The number of aromatic nitrogens is 4. The number of sulfonamides is 1. The highest BCUT2D eigenvalue weighted by molar-refractivity contribution is 7.89. The molecular formula is C22H29N5O5S. The summed E-state index contributed by atoms with van der Waals surface area (Å²) in [6.45, 7) is 6.47. The summed E-state index contributed by atoms with van der Waals surface area (Å²) in [6.07, 6.45) is 1.80. The molecule has 3 aromatic rings. The standard InChI is InChI=1S/C22H29N5O5S/c1-4-6-19-23-14(3)20-22(29)24-21(25-27(19)20)17-13-16(7-8-18(17)32-5-2)33(30,31)26-11-9-15(28)10-12-26/h7-8,13,15,28H,4-6,9-12H2,1-3H3,(H,24,25,29). The van der Waals surface area contributed by atoms with Gasteiger partial charge < -0.3 is 14.8 Å². The van der Waals surface area contributed by atoms with Crippen molar-refractivity contribution in [2.75, 3.05) is 19.7 Å². The van der Waals surface area contributed by atoms with Crippen molar-refractivity contribution in [1.29, 1.82) is 0 Å². The van der Waals surface area contributed by atoms with Crippen molar-refractivity contribution in [2.45, 2.75) is 57.5 Å². The lowest BCUT2D eigenvalue weighted by molar-refractivity contribution is 0.113. The number of nitrogens with zero attached hydrogens (tertiary/aromatic N) is 4. The summed E-state index contributed by atoms with van der Waals surface area (Å²) in [5, 5.41) is 14.4. The fourth-order valence-corrected chi connectivity index (χ4v) is 5.61. The number of rotatable bonds is 7. The van der Waals surface area contributed by atoms with Crippen molar-refractivity contribution in [3.05, 3.63) is 40.1 Å². The van der Waals surface area contributed by atoms with Gasteiger partial charge in [-0.05, 0) is 51.3 Å². The first kappa shape index (κ1) is 23.4. The lowest BCUT2D eigenvalue weighted by Gasteiger charge is -2.29. The minimum absolute atomic E-state index is 0.0793. The second kappa shape index (κ2) is 9.24. The first-order chi connectivity index (χ1) is 15.8. The van der Waals surface area contributed by atoms with Crippen LogP contribution in [0.1, 0.15) is 44.6 Å². The fraction of sp³-hybridized carbons (Fsp3) is 0.500. The number of aliphatic hydroxyl groups excluding tert-OH is 1. The van der Waals surface area contributed by atoms with Crippen LogP contribution in [0.2, 0.25) is 0 Å². The van der Waals surface area contributed by atoms with Crippen molar-refractivity contribution in [2.24, 2.45) is 0 Å². The quantitative estimate of drug-likeness (QED) is 0.534. The van der Waals surface area contributed by atoms with Crippen LogP contribution in [-0.2, 0) is 16.4 Å². The van der Waals surface area contributed by atoms with E-state index in [1.165, 1.54) is 21.0 Å². The molecule has 1 aliphatic heterocycles. The van der Waals surface area contributed by atoms with Gasteiger partial charge in [0, 0.05) is 19.5 Å². The van der Waals surface area contributed by atoms with E-state index < -0.39 is 16.1 Å². The van der Waals surface area contributed by atoms with Crippen LogP contribution in [0.3, 0.4) is 0 Å². The van der Waals surface area contributed by atoms with Gasteiger partial charge in [0.2, 0.25) is 10.0 Å². The number of hydrogen-bond acceptors (Lipinski definition) is 7. The molecule has 10 nitrogen and oxygen atoms in total. The Morgan fingerprint density at radius 1 is 1.24 bits per heavy atom. The molecule has 0 radical (unpaired) electrons. The summed E-state index contributed by atoms with van der Waals surface area (Å²) in [5.74, 6) is 1.30. The molecule has 11 heteroatoms. The van der Waals surface area contributed by atoms with Crippen molar-refractivity contribution >= 4 is 15.5 Å². The number of ether oxygens (including phenoxy) is 1. The Morgan fingerprint density at radius 3 is 2.64 bits per heavy atom. The molecule has 33 heavy (non-hydrogen) atoms. The predicted molar refractivity (Wildman–Crippen MR) is 123 cm³/mol. The highest BCUT2D eigenvalue weighted by atomic mass is 32.2. The van der Waals surface area contributed by atoms with E-state index in [9.17, 15) is 18.3 Å². The van der Waals surface area contributed by atoms with Crippen molar-refractivity contribution in [3.8, 4) is 17.1 Å². The third-order valence-corrected chi connectivity index (χ3v) is 7.68.